The molecule has 1 rings (SSSR count). The third-order valence-electron chi connectivity index (χ3n) is 1.83. The molecule has 1 atom stereocenters. The first-order chi connectivity index (χ1) is 6.24. The van der Waals surface area contributed by atoms with Crippen molar-refractivity contribution in [1.82, 2.24) is 4.98 Å². The average Bonchev–Trinajstić information content (AvgIpc) is 2.14. The van der Waals surface area contributed by atoms with Gasteiger partial charge in [0, 0.05) is 19.0 Å². The van der Waals surface area contributed by atoms with Gasteiger partial charge in [-0.1, -0.05) is 6.07 Å². The van der Waals surface area contributed by atoms with Crippen molar-refractivity contribution >= 4 is 0 Å². The van der Waals surface area contributed by atoms with E-state index in [1.165, 1.54) is 0 Å². The molecular formula is C10H16N2O. The van der Waals surface area contributed by atoms with Crippen LogP contribution in [0.15, 0.2) is 18.5 Å². The third kappa shape index (κ3) is 3.13. The number of hydrogen-bond acceptors (Lipinski definition) is 3. The van der Waals surface area contributed by atoms with Gasteiger partial charge in [0.25, 0.3) is 0 Å². The second-order valence-corrected chi connectivity index (χ2v) is 3.06. The minimum atomic E-state index is -0.0626. The Morgan fingerprint density at radius 3 is 2.92 bits per heavy atom. The smallest absolute Gasteiger partial charge is 0.0659 e. The maximum Gasteiger partial charge on any atom is 0.0659 e. The van der Waals surface area contributed by atoms with E-state index < -0.39 is 0 Å². The second-order valence-electron chi connectivity index (χ2n) is 3.06. The van der Waals surface area contributed by atoms with E-state index in [0.717, 1.165) is 11.1 Å². The molecule has 0 radical (unpaired) electrons. The zero-order valence-electron chi connectivity index (χ0n) is 8.16. The van der Waals surface area contributed by atoms with E-state index in [9.17, 15) is 0 Å². The van der Waals surface area contributed by atoms with Crippen LogP contribution in [-0.2, 0) is 4.74 Å². The predicted octanol–water partition coefficient (Wildman–Crippen LogP) is 1.43. The maximum atomic E-state index is 5.88. The van der Waals surface area contributed by atoms with Crippen molar-refractivity contribution in [3.63, 3.8) is 0 Å². The lowest BCUT2D eigenvalue weighted by molar-refractivity contribution is 0.133. The predicted molar refractivity (Wildman–Crippen MR) is 52.4 cm³/mol. The number of pyridine rings is 1. The van der Waals surface area contributed by atoms with Crippen molar-refractivity contribution in [3.05, 3.63) is 29.6 Å². The molecule has 2 N–H and O–H groups in total. The van der Waals surface area contributed by atoms with Crippen LogP contribution in [0.3, 0.4) is 0 Å². The molecule has 13 heavy (non-hydrogen) atoms. The van der Waals surface area contributed by atoms with E-state index in [1.54, 1.807) is 6.20 Å². The molecule has 3 nitrogen and oxygen atoms in total. The van der Waals surface area contributed by atoms with Gasteiger partial charge in [0.1, 0.15) is 0 Å². The van der Waals surface area contributed by atoms with Gasteiger partial charge in [-0.3, -0.25) is 4.98 Å². The number of hydrogen-bond donors (Lipinski definition) is 1. The van der Waals surface area contributed by atoms with E-state index in [4.69, 9.17) is 10.5 Å². The van der Waals surface area contributed by atoms with E-state index >= 15 is 0 Å². The SMILES string of the molecule is CCOCC(N)c1cncc(C)c1. The van der Waals surface area contributed by atoms with E-state index in [0.29, 0.717) is 13.2 Å². The molecule has 1 unspecified atom stereocenters. The summed E-state index contributed by atoms with van der Waals surface area (Å²) in [7, 11) is 0. The van der Waals surface area contributed by atoms with Crippen LogP contribution in [0.1, 0.15) is 24.1 Å². The summed E-state index contributed by atoms with van der Waals surface area (Å²) in [6.45, 7) is 5.22. The summed E-state index contributed by atoms with van der Waals surface area (Å²) in [6.07, 6.45) is 3.60. The lowest BCUT2D eigenvalue weighted by Crippen LogP contribution is -2.17. The van der Waals surface area contributed by atoms with Crippen LogP contribution in [0.25, 0.3) is 0 Å². The van der Waals surface area contributed by atoms with Gasteiger partial charge in [0.15, 0.2) is 0 Å². The summed E-state index contributed by atoms with van der Waals surface area (Å²) in [5.41, 5.74) is 8.05. The number of rotatable bonds is 4. The van der Waals surface area contributed by atoms with Gasteiger partial charge < -0.3 is 10.5 Å². The first-order valence-corrected chi connectivity index (χ1v) is 4.49. The zero-order valence-corrected chi connectivity index (χ0v) is 8.16. The molecule has 1 heterocycles. The quantitative estimate of drug-likeness (QED) is 0.762. The number of aryl methyl sites for hydroxylation is 1. The fourth-order valence-corrected chi connectivity index (χ4v) is 1.12. The number of nitrogens with zero attached hydrogens (tertiary/aromatic N) is 1. The summed E-state index contributed by atoms with van der Waals surface area (Å²) in [4.78, 5) is 4.08. The molecule has 0 bridgehead atoms. The molecule has 72 valence electrons. The Kier molecular flexibility index (Phi) is 3.86. The highest BCUT2D eigenvalue weighted by Crippen LogP contribution is 2.10. The number of nitrogens with two attached hydrogens (primary N) is 1. The monoisotopic (exact) mass is 180 g/mol. The number of aromatic nitrogens is 1. The Balaban J connectivity index is 2.60. The molecule has 1 aromatic heterocycles. The molecule has 0 spiro atoms. The van der Waals surface area contributed by atoms with Crippen LogP contribution >= 0.6 is 0 Å². The minimum absolute atomic E-state index is 0.0626. The van der Waals surface area contributed by atoms with Gasteiger partial charge in [0.05, 0.1) is 12.6 Å². The third-order valence-corrected chi connectivity index (χ3v) is 1.83. The first-order valence-electron chi connectivity index (χ1n) is 4.49. The Bertz CT molecular complexity index is 263. The molecule has 3 heteroatoms. The maximum absolute atomic E-state index is 5.88. The molecule has 0 aliphatic carbocycles. The van der Waals surface area contributed by atoms with Crippen LogP contribution in [0.5, 0.6) is 0 Å². The van der Waals surface area contributed by atoms with Gasteiger partial charge in [-0.05, 0) is 25.0 Å². The molecule has 0 aliphatic rings. The summed E-state index contributed by atoms with van der Waals surface area (Å²) >= 11 is 0. The highest BCUT2D eigenvalue weighted by molar-refractivity contribution is 5.19. The van der Waals surface area contributed by atoms with Crippen LogP contribution in [0, 0.1) is 6.92 Å². The molecule has 1 aromatic rings. The lowest BCUT2D eigenvalue weighted by Gasteiger charge is -2.11. The summed E-state index contributed by atoms with van der Waals surface area (Å²) in [5, 5.41) is 0. The lowest BCUT2D eigenvalue weighted by atomic mass is 10.1. The van der Waals surface area contributed by atoms with Gasteiger partial charge in [-0.25, -0.2) is 0 Å². The normalized spacial score (nSPS) is 12.8. The minimum Gasteiger partial charge on any atom is -0.380 e. The molecule has 0 saturated heterocycles. The highest BCUT2D eigenvalue weighted by atomic mass is 16.5. The van der Waals surface area contributed by atoms with Crippen molar-refractivity contribution in [2.45, 2.75) is 19.9 Å². The number of ether oxygens (including phenoxy) is 1. The topological polar surface area (TPSA) is 48.1 Å². The highest BCUT2D eigenvalue weighted by Gasteiger charge is 2.05. The Morgan fingerprint density at radius 1 is 1.54 bits per heavy atom. The van der Waals surface area contributed by atoms with E-state index in [-0.39, 0.29) is 6.04 Å². The van der Waals surface area contributed by atoms with Gasteiger partial charge in [-0.2, -0.15) is 0 Å². The fourth-order valence-electron chi connectivity index (χ4n) is 1.12. The fraction of sp³-hybridized carbons (Fsp3) is 0.500. The summed E-state index contributed by atoms with van der Waals surface area (Å²) in [6, 6.07) is 1.98. The van der Waals surface area contributed by atoms with Crippen LogP contribution in [0.2, 0.25) is 0 Å². The van der Waals surface area contributed by atoms with Crippen LogP contribution in [-0.4, -0.2) is 18.2 Å². The molecular weight excluding hydrogens is 164 g/mol. The summed E-state index contributed by atoms with van der Waals surface area (Å²) in [5.74, 6) is 0. The van der Waals surface area contributed by atoms with E-state index in [1.807, 2.05) is 26.1 Å². The molecule has 0 saturated carbocycles. The molecule has 0 aromatic carbocycles. The molecule has 0 fully saturated rings. The van der Waals surface area contributed by atoms with Crippen molar-refractivity contribution in [1.29, 1.82) is 0 Å². The van der Waals surface area contributed by atoms with Gasteiger partial charge in [-0.15, -0.1) is 0 Å². The Morgan fingerprint density at radius 2 is 2.31 bits per heavy atom. The largest absolute Gasteiger partial charge is 0.380 e. The Labute approximate surface area is 78.9 Å². The van der Waals surface area contributed by atoms with Crippen molar-refractivity contribution in [3.8, 4) is 0 Å². The first kappa shape index (κ1) is 10.2. The molecule has 0 aliphatic heterocycles. The van der Waals surface area contributed by atoms with Crippen molar-refractivity contribution < 1.29 is 4.74 Å². The van der Waals surface area contributed by atoms with Crippen LogP contribution < -0.4 is 5.73 Å². The summed E-state index contributed by atoms with van der Waals surface area (Å²) < 4.78 is 5.24. The Hall–Kier alpha value is -0.930. The van der Waals surface area contributed by atoms with Crippen molar-refractivity contribution in [2.24, 2.45) is 5.73 Å². The average molecular weight is 180 g/mol. The zero-order chi connectivity index (χ0) is 9.68. The van der Waals surface area contributed by atoms with E-state index in [2.05, 4.69) is 4.98 Å². The van der Waals surface area contributed by atoms with Crippen LogP contribution in [0.4, 0.5) is 0 Å². The standard InChI is InChI=1S/C10H16N2O/c1-3-13-7-10(11)9-4-8(2)5-12-6-9/h4-6,10H,3,7,11H2,1-2H3. The second kappa shape index (κ2) is 4.94. The van der Waals surface area contributed by atoms with Gasteiger partial charge >= 0.3 is 0 Å². The van der Waals surface area contributed by atoms with Crippen molar-refractivity contribution in [2.75, 3.05) is 13.2 Å². The molecule has 0 amide bonds. The van der Waals surface area contributed by atoms with Gasteiger partial charge in [0.2, 0.25) is 0 Å².